The lowest BCUT2D eigenvalue weighted by Gasteiger charge is -2.03. The fraction of sp³-hybridized carbons (Fsp3) is 0.0667. The highest BCUT2D eigenvalue weighted by molar-refractivity contribution is 7.92. The van der Waals surface area contributed by atoms with Crippen LogP contribution in [0, 0.1) is 5.82 Å². The van der Waals surface area contributed by atoms with E-state index in [9.17, 15) is 12.8 Å². The molecular weight excluding hydrogens is 321 g/mol. The Labute approximate surface area is 132 Å². The molecule has 1 N–H and O–H groups in total. The Kier molecular flexibility index (Phi) is 3.83. The molecule has 0 fully saturated rings. The summed E-state index contributed by atoms with van der Waals surface area (Å²) in [4.78, 5) is 4.25. The number of hydrogen-bond acceptors (Lipinski definition) is 5. The third-order valence-electron chi connectivity index (χ3n) is 2.96. The zero-order chi connectivity index (χ0) is 16.4. The summed E-state index contributed by atoms with van der Waals surface area (Å²) in [5.41, 5.74) is 1.72. The van der Waals surface area contributed by atoms with Crippen LogP contribution in [0.5, 0.6) is 0 Å². The largest absolute Gasteiger partial charge is 0.334 e. The van der Waals surface area contributed by atoms with Crippen LogP contribution in [0.1, 0.15) is 0 Å². The summed E-state index contributed by atoms with van der Waals surface area (Å²) in [5, 5.41) is 3.87. The molecule has 3 aromatic rings. The molecule has 0 aliphatic heterocycles. The summed E-state index contributed by atoms with van der Waals surface area (Å²) in [5.74, 6) is 0.288. The van der Waals surface area contributed by atoms with Gasteiger partial charge in [0, 0.05) is 16.8 Å². The summed E-state index contributed by atoms with van der Waals surface area (Å²) in [6.45, 7) is 0. The normalized spacial score (nSPS) is 11.4. The van der Waals surface area contributed by atoms with Crippen LogP contribution in [-0.4, -0.2) is 24.8 Å². The van der Waals surface area contributed by atoms with E-state index in [0.717, 1.165) is 6.26 Å². The summed E-state index contributed by atoms with van der Waals surface area (Å²) < 4.78 is 42.8. The molecule has 23 heavy (non-hydrogen) atoms. The van der Waals surface area contributed by atoms with Crippen molar-refractivity contribution in [1.29, 1.82) is 0 Å². The van der Waals surface area contributed by atoms with E-state index in [2.05, 4.69) is 14.9 Å². The number of halogens is 1. The molecule has 0 saturated carbocycles. The lowest BCUT2D eigenvalue weighted by molar-refractivity contribution is 0.432. The lowest BCUT2D eigenvalue weighted by Crippen LogP contribution is -2.09. The minimum absolute atomic E-state index is 0.276. The second-order valence-corrected chi connectivity index (χ2v) is 6.63. The molecule has 2 aromatic carbocycles. The molecule has 0 amide bonds. The van der Waals surface area contributed by atoms with Gasteiger partial charge >= 0.3 is 0 Å². The van der Waals surface area contributed by atoms with Crippen LogP contribution in [0.25, 0.3) is 22.8 Å². The van der Waals surface area contributed by atoms with Gasteiger partial charge < -0.3 is 4.52 Å². The fourth-order valence-electron chi connectivity index (χ4n) is 1.95. The van der Waals surface area contributed by atoms with Crippen molar-refractivity contribution < 1.29 is 17.3 Å². The zero-order valence-electron chi connectivity index (χ0n) is 12.0. The van der Waals surface area contributed by atoms with Crippen LogP contribution < -0.4 is 4.72 Å². The van der Waals surface area contributed by atoms with Gasteiger partial charge in [-0.15, -0.1) is 0 Å². The Morgan fingerprint density at radius 3 is 2.22 bits per heavy atom. The van der Waals surface area contributed by atoms with Crippen molar-refractivity contribution in [2.45, 2.75) is 0 Å². The van der Waals surface area contributed by atoms with Crippen LogP contribution in [0.15, 0.2) is 53.1 Å². The lowest BCUT2D eigenvalue weighted by atomic mass is 10.2. The van der Waals surface area contributed by atoms with E-state index in [-0.39, 0.29) is 11.7 Å². The molecule has 0 saturated heterocycles. The Bertz CT molecular complexity index is 919. The van der Waals surface area contributed by atoms with E-state index in [1.54, 1.807) is 36.4 Å². The zero-order valence-corrected chi connectivity index (χ0v) is 12.8. The topological polar surface area (TPSA) is 85.1 Å². The maximum absolute atomic E-state index is 12.9. The third-order valence-corrected chi connectivity index (χ3v) is 3.57. The number of hydrogen-bond donors (Lipinski definition) is 1. The minimum atomic E-state index is -3.32. The average Bonchev–Trinajstić information content (AvgIpc) is 2.97. The van der Waals surface area contributed by atoms with Crippen LogP contribution >= 0.6 is 0 Å². The first kappa shape index (κ1) is 15.2. The summed E-state index contributed by atoms with van der Waals surface area (Å²) in [6.07, 6.45) is 1.08. The molecule has 0 radical (unpaired) electrons. The van der Waals surface area contributed by atoms with Gasteiger partial charge in [0.2, 0.25) is 15.8 Å². The number of rotatable bonds is 4. The quantitative estimate of drug-likeness (QED) is 0.793. The first-order valence-electron chi connectivity index (χ1n) is 6.58. The smallest absolute Gasteiger partial charge is 0.258 e. The molecule has 8 heteroatoms. The second kappa shape index (κ2) is 5.81. The summed E-state index contributed by atoms with van der Waals surface area (Å²) in [7, 11) is -3.32. The Balaban J connectivity index is 1.84. The molecular formula is C15H12FN3O3S. The molecule has 1 heterocycles. The third kappa shape index (κ3) is 3.72. The highest BCUT2D eigenvalue weighted by atomic mass is 32.2. The molecule has 0 atom stereocenters. The average molecular weight is 333 g/mol. The number of anilines is 1. The second-order valence-electron chi connectivity index (χ2n) is 4.88. The molecule has 0 spiro atoms. The minimum Gasteiger partial charge on any atom is -0.334 e. The van der Waals surface area contributed by atoms with Crippen molar-refractivity contribution in [3.8, 4) is 22.8 Å². The van der Waals surface area contributed by atoms with Crippen molar-refractivity contribution in [1.82, 2.24) is 10.1 Å². The number of nitrogens with one attached hydrogen (secondary N) is 1. The summed E-state index contributed by atoms with van der Waals surface area (Å²) >= 11 is 0. The van der Waals surface area contributed by atoms with Gasteiger partial charge in [-0.1, -0.05) is 5.16 Å². The van der Waals surface area contributed by atoms with E-state index < -0.39 is 10.0 Å². The van der Waals surface area contributed by atoms with Crippen molar-refractivity contribution in [2.75, 3.05) is 11.0 Å². The maximum Gasteiger partial charge on any atom is 0.258 e. The first-order valence-corrected chi connectivity index (χ1v) is 8.48. The first-order chi connectivity index (χ1) is 10.9. The molecule has 0 unspecified atom stereocenters. The number of aromatic nitrogens is 2. The standard InChI is InChI=1S/C15H12FN3O3S/c1-23(20,21)19-13-8-4-10(5-9-13)14-17-15(22-18-14)11-2-6-12(16)7-3-11/h2-9,19H,1H3. The van der Waals surface area contributed by atoms with E-state index in [0.29, 0.717) is 22.6 Å². The van der Waals surface area contributed by atoms with Gasteiger partial charge in [0.05, 0.1) is 6.26 Å². The highest BCUT2D eigenvalue weighted by Gasteiger charge is 2.11. The fourth-order valence-corrected chi connectivity index (χ4v) is 2.52. The van der Waals surface area contributed by atoms with Crippen molar-refractivity contribution in [3.05, 3.63) is 54.3 Å². The molecule has 6 nitrogen and oxygen atoms in total. The summed E-state index contributed by atoms with van der Waals surface area (Å²) in [6, 6.07) is 12.3. The van der Waals surface area contributed by atoms with Gasteiger partial charge in [-0.2, -0.15) is 4.98 Å². The van der Waals surface area contributed by atoms with E-state index in [1.165, 1.54) is 12.1 Å². The van der Waals surface area contributed by atoms with Gasteiger partial charge in [0.1, 0.15) is 5.82 Å². The monoisotopic (exact) mass is 333 g/mol. The van der Waals surface area contributed by atoms with Gasteiger partial charge in [-0.05, 0) is 48.5 Å². The molecule has 0 aliphatic rings. The van der Waals surface area contributed by atoms with Gasteiger partial charge in [0.15, 0.2) is 0 Å². The number of nitrogens with zero attached hydrogens (tertiary/aromatic N) is 2. The Hall–Kier alpha value is -2.74. The van der Waals surface area contributed by atoms with Crippen LogP contribution in [0.2, 0.25) is 0 Å². The SMILES string of the molecule is CS(=O)(=O)Nc1ccc(-c2noc(-c3ccc(F)cc3)n2)cc1. The van der Waals surface area contributed by atoms with Gasteiger partial charge in [0.25, 0.3) is 5.89 Å². The van der Waals surface area contributed by atoms with Crippen molar-refractivity contribution >= 4 is 15.7 Å². The van der Waals surface area contributed by atoms with Crippen molar-refractivity contribution in [2.24, 2.45) is 0 Å². The van der Waals surface area contributed by atoms with Crippen molar-refractivity contribution in [3.63, 3.8) is 0 Å². The van der Waals surface area contributed by atoms with E-state index >= 15 is 0 Å². The van der Waals surface area contributed by atoms with Crippen LogP contribution in [-0.2, 0) is 10.0 Å². The van der Waals surface area contributed by atoms with E-state index in [1.807, 2.05) is 0 Å². The van der Waals surface area contributed by atoms with Gasteiger partial charge in [-0.25, -0.2) is 12.8 Å². The van der Waals surface area contributed by atoms with Crippen LogP contribution in [0.3, 0.4) is 0 Å². The Morgan fingerprint density at radius 2 is 1.61 bits per heavy atom. The molecule has 0 bridgehead atoms. The predicted octanol–water partition coefficient (Wildman–Crippen LogP) is 2.91. The number of benzene rings is 2. The molecule has 118 valence electrons. The molecule has 1 aromatic heterocycles. The number of sulfonamides is 1. The molecule has 3 rings (SSSR count). The maximum atomic E-state index is 12.9. The highest BCUT2D eigenvalue weighted by Crippen LogP contribution is 2.23. The predicted molar refractivity (Wildman–Crippen MR) is 83.6 cm³/mol. The molecule has 0 aliphatic carbocycles. The van der Waals surface area contributed by atoms with Gasteiger partial charge in [-0.3, -0.25) is 4.72 Å². The Morgan fingerprint density at radius 1 is 1.00 bits per heavy atom. The van der Waals surface area contributed by atoms with E-state index in [4.69, 9.17) is 4.52 Å². The van der Waals surface area contributed by atoms with Crippen LogP contribution in [0.4, 0.5) is 10.1 Å².